The van der Waals surface area contributed by atoms with Crippen LogP contribution in [0.25, 0.3) is 0 Å². The molecular formula is C25H27N2O2+. The first kappa shape index (κ1) is 20.5. The molecule has 0 spiro atoms. The van der Waals surface area contributed by atoms with Gasteiger partial charge < -0.3 is 10.6 Å². The van der Waals surface area contributed by atoms with Crippen molar-refractivity contribution >= 4 is 11.7 Å². The molecule has 0 aromatic heterocycles. The molecule has 1 atom stereocenters. The minimum atomic E-state index is -0.509. The molecule has 4 nitrogen and oxygen atoms in total. The molecule has 4 heteroatoms. The number of carbonyl (C=O) groups excluding carboxylic acids is 2. The van der Waals surface area contributed by atoms with Crippen molar-refractivity contribution in [3.05, 3.63) is 108 Å². The van der Waals surface area contributed by atoms with E-state index in [1.165, 1.54) is 6.92 Å². The molecule has 3 aromatic rings. The van der Waals surface area contributed by atoms with E-state index in [9.17, 15) is 9.59 Å². The second-order valence-corrected chi connectivity index (χ2v) is 7.16. The monoisotopic (exact) mass is 387 g/mol. The van der Waals surface area contributed by atoms with E-state index in [0.29, 0.717) is 6.42 Å². The second-order valence-electron chi connectivity index (χ2n) is 7.16. The predicted octanol–water partition coefficient (Wildman–Crippen LogP) is 2.66. The summed E-state index contributed by atoms with van der Waals surface area (Å²) in [6.07, 6.45) is 0.503. The number of ketones is 1. The number of hydrogen-bond donors (Lipinski definition) is 2. The summed E-state index contributed by atoms with van der Waals surface area (Å²) in [5.74, 6) is -0.178. The van der Waals surface area contributed by atoms with Gasteiger partial charge in [0.2, 0.25) is 0 Å². The molecule has 29 heavy (non-hydrogen) atoms. The van der Waals surface area contributed by atoms with Gasteiger partial charge in [0.1, 0.15) is 6.04 Å². The Labute approximate surface area is 172 Å². The lowest BCUT2D eigenvalue weighted by Crippen LogP contribution is -2.88. The summed E-state index contributed by atoms with van der Waals surface area (Å²) in [5, 5.41) is 4.92. The van der Waals surface area contributed by atoms with Crippen LogP contribution in [0, 0.1) is 0 Å². The molecule has 0 aliphatic rings. The maximum atomic E-state index is 12.6. The lowest BCUT2D eigenvalue weighted by Gasteiger charge is -2.19. The standard InChI is InChI=1S/C25H26N2O2/c1-19(28)23(17-20-11-5-2-6-12-20)27-24(29)18-26-25(21-13-7-3-8-14-21)22-15-9-4-10-16-22/h2-16,23,25-26H,17-18H2,1H3,(H,27,29)/p+1/t23-/m0/s1. The Kier molecular flexibility index (Phi) is 7.31. The van der Waals surface area contributed by atoms with Crippen LogP contribution < -0.4 is 10.6 Å². The van der Waals surface area contributed by atoms with Crippen molar-refractivity contribution in [2.45, 2.75) is 25.4 Å². The average Bonchev–Trinajstić information content (AvgIpc) is 2.75. The third-order valence-electron chi connectivity index (χ3n) is 4.96. The zero-order chi connectivity index (χ0) is 20.5. The largest absolute Gasteiger partial charge is 0.341 e. The molecule has 148 valence electrons. The SMILES string of the molecule is CC(=O)[C@H](Cc1ccccc1)NC(=O)C[NH2+]C(c1ccccc1)c1ccccc1. The number of nitrogens with one attached hydrogen (secondary N) is 1. The maximum absolute atomic E-state index is 12.6. The van der Waals surface area contributed by atoms with Crippen LogP contribution in [-0.4, -0.2) is 24.3 Å². The number of benzene rings is 3. The summed E-state index contributed by atoms with van der Waals surface area (Å²) in [4.78, 5) is 24.7. The molecule has 0 heterocycles. The zero-order valence-electron chi connectivity index (χ0n) is 16.6. The smallest absolute Gasteiger partial charge is 0.275 e. The molecule has 3 N–H and O–H groups in total. The van der Waals surface area contributed by atoms with Gasteiger partial charge in [-0.1, -0.05) is 91.0 Å². The number of quaternary nitrogens is 1. The highest BCUT2D eigenvalue weighted by molar-refractivity contribution is 5.88. The normalized spacial score (nSPS) is 11.8. The summed E-state index contributed by atoms with van der Waals surface area (Å²) in [6, 6.07) is 29.5. The number of rotatable bonds is 9. The van der Waals surface area contributed by atoms with E-state index in [2.05, 4.69) is 29.6 Å². The van der Waals surface area contributed by atoms with Crippen molar-refractivity contribution in [3.8, 4) is 0 Å². The summed E-state index contributed by atoms with van der Waals surface area (Å²) in [6.45, 7) is 1.77. The number of nitrogens with two attached hydrogens (primary N) is 1. The zero-order valence-corrected chi connectivity index (χ0v) is 16.6. The summed E-state index contributed by atoms with van der Waals surface area (Å²) < 4.78 is 0. The average molecular weight is 388 g/mol. The van der Waals surface area contributed by atoms with Crippen LogP contribution in [0.4, 0.5) is 0 Å². The van der Waals surface area contributed by atoms with E-state index >= 15 is 0 Å². The van der Waals surface area contributed by atoms with E-state index in [0.717, 1.165) is 16.7 Å². The molecule has 3 aromatic carbocycles. The van der Waals surface area contributed by atoms with Gasteiger partial charge in [-0.15, -0.1) is 0 Å². The van der Waals surface area contributed by atoms with Gasteiger partial charge in [0.15, 0.2) is 12.3 Å². The molecule has 0 aliphatic carbocycles. The van der Waals surface area contributed by atoms with Crippen molar-refractivity contribution in [1.82, 2.24) is 5.32 Å². The number of amides is 1. The molecule has 0 fully saturated rings. The van der Waals surface area contributed by atoms with E-state index < -0.39 is 6.04 Å². The summed E-state index contributed by atoms with van der Waals surface area (Å²) in [7, 11) is 0. The van der Waals surface area contributed by atoms with Crippen molar-refractivity contribution < 1.29 is 14.9 Å². The number of hydrogen-bond acceptors (Lipinski definition) is 2. The summed E-state index contributed by atoms with van der Waals surface area (Å²) in [5.41, 5.74) is 3.31. The molecule has 1 amide bonds. The third kappa shape index (κ3) is 6.13. The minimum absolute atomic E-state index is 0.0213. The Morgan fingerprint density at radius 1 is 0.793 bits per heavy atom. The lowest BCUT2D eigenvalue weighted by molar-refractivity contribution is -0.676. The molecule has 0 bridgehead atoms. The molecule has 0 saturated heterocycles. The highest BCUT2D eigenvalue weighted by atomic mass is 16.2. The lowest BCUT2D eigenvalue weighted by atomic mass is 9.99. The molecule has 0 saturated carbocycles. The van der Waals surface area contributed by atoms with Crippen LogP contribution >= 0.6 is 0 Å². The van der Waals surface area contributed by atoms with Crippen LogP contribution in [0.5, 0.6) is 0 Å². The first-order valence-corrected chi connectivity index (χ1v) is 9.90. The van der Waals surface area contributed by atoms with Gasteiger partial charge in [-0.2, -0.15) is 0 Å². The van der Waals surface area contributed by atoms with Crippen molar-refractivity contribution in [2.75, 3.05) is 6.54 Å². The van der Waals surface area contributed by atoms with E-state index in [4.69, 9.17) is 0 Å². The van der Waals surface area contributed by atoms with Crippen LogP contribution in [-0.2, 0) is 16.0 Å². The molecule has 0 radical (unpaired) electrons. The molecule has 3 rings (SSSR count). The fourth-order valence-electron chi connectivity index (χ4n) is 3.41. The van der Waals surface area contributed by atoms with Gasteiger partial charge in [0.05, 0.1) is 6.04 Å². The van der Waals surface area contributed by atoms with Crippen molar-refractivity contribution in [2.24, 2.45) is 0 Å². The van der Waals surface area contributed by atoms with Crippen LogP contribution in [0.1, 0.15) is 29.7 Å². The Morgan fingerprint density at radius 2 is 1.28 bits per heavy atom. The van der Waals surface area contributed by atoms with Gasteiger partial charge in [0.25, 0.3) is 5.91 Å². The Bertz CT molecular complexity index is 872. The Balaban J connectivity index is 1.65. The van der Waals surface area contributed by atoms with Crippen molar-refractivity contribution in [1.29, 1.82) is 0 Å². The first-order chi connectivity index (χ1) is 14.1. The first-order valence-electron chi connectivity index (χ1n) is 9.90. The molecular weight excluding hydrogens is 360 g/mol. The highest BCUT2D eigenvalue weighted by Crippen LogP contribution is 2.17. The third-order valence-corrected chi connectivity index (χ3v) is 4.96. The van der Waals surface area contributed by atoms with Crippen molar-refractivity contribution in [3.63, 3.8) is 0 Å². The maximum Gasteiger partial charge on any atom is 0.275 e. The van der Waals surface area contributed by atoms with Crippen LogP contribution in [0.3, 0.4) is 0 Å². The summed E-state index contributed by atoms with van der Waals surface area (Å²) >= 11 is 0. The van der Waals surface area contributed by atoms with Crippen LogP contribution in [0.15, 0.2) is 91.0 Å². The topological polar surface area (TPSA) is 62.8 Å². The molecule has 0 aliphatic heterocycles. The predicted molar refractivity (Wildman–Crippen MR) is 114 cm³/mol. The van der Waals surface area contributed by atoms with E-state index in [1.54, 1.807) is 0 Å². The quantitative estimate of drug-likeness (QED) is 0.593. The van der Waals surface area contributed by atoms with E-state index in [1.807, 2.05) is 72.0 Å². The fraction of sp³-hybridized carbons (Fsp3) is 0.200. The van der Waals surface area contributed by atoms with Gasteiger partial charge in [0, 0.05) is 11.1 Å². The highest BCUT2D eigenvalue weighted by Gasteiger charge is 2.22. The van der Waals surface area contributed by atoms with Gasteiger partial charge >= 0.3 is 0 Å². The van der Waals surface area contributed by atoms with Crippen LogP contribution in [0.2, 0.25) is 0 Å². The fourth-order valence-corrected chi connectivity index (χ4v) is 3.41. The second kappa shape index (κ2) is 10.3. The number of Topliss-reactive ketones (excluding diaryl/α,β-unsaturated/α-hetero) is 1. The molecule has 0 unspecified atom stereocenters. The minimum Gasteiger partial charge on any atom is -0.341 e. The Hall–Kier alpha value is -3.24. The van der Waals surface area contributed by atoms with Gasteiger partial charge in [-0.25, -0.2) is 0 Å². The van der Waals surface area contributed by atoms with Gasteiger partial charge in [-0.3, -0.25) is 9.59 Å². The Morgan fingerprint density at radius 3 is 1.76 bits per heavy atom. The van der Waals surface area contributed by atoms with E-state index in [-0.39, 0.29) is 24.3 Å². The number of carbonyl (C=O) groups is 2. The van der Waals surface area contributed by atoms with Gasteiger partial charge in [-0.05, 0) is 18.9 Å².